The number of anilines is 1. The normalized spacial score (nSPS) is 14.9. The van der Waals surface area contributed by atoms with Crippen LogP contribution in [0.15, 0.2) is 42.5 Å². The highest BCUT2D eigenvalue weighted by Gasteiger charge is 2.33. The third-order valence-corrected chi connectivity index (χ3v) is 8.17. The third kappa shape index (κ3) is 6.66. The molecule has 2 amide bonds. The fourth-order valence-corrected chi connectivity index (χ4v) is 6.00. The smallest absolute Gasteiger partial charge is 0.244 e. The number of rotatable bonds is 10. The number of aryl methyl sites for hydroxylation is 3. The lowest BCUT2D eigenvalue weighted by Gasteiger charge is -2.34. The molecule has 7 nitrogen and oxygen atoms in total. The molecule has 1 N–H and O–H groups in total. The molecule has 1 aliphatic rings. The van der Waals surface area contributed by atoms with Crippen LogP contribution in [0.2, 0.25) is 0 Å². The van der Waals surface area contributed by atoms with Gasteiger partial charge in [-0.2, -0.15) is 0 Å². The number of carbonyl (C=O) groups is 2. The van der Waals surface area contributed by atoms with E-state index in [4.69, 9.17) is 0 Å². The fraction of sp³-hybridized carbons (Fsp3) is 0.500. The molecule has 2 aromatic rings. The van der Waals surface area contributed by atoms with E-state index in [2.05, 4.69) is 5.32 Å². The van der Waals surface area contributed by atoms with Gasteiger partial charge in [-0.15, -0.1) is 0 Å². The zero-order chi connectivity index (χ0) is 26.5. The molecule has 8 heteroatoms. The molecule has 1 atom stereocenters. The number of benzene rings is 2. The number of nitrogens with one attached hydrogen (secondary N) is 1. The second-order valence-electron chi connectivity index (χ2n) is 9.87. The van der Waals surface area contributed by atoms with Crippen LogP contribution in [0.3, 0.4) is 0 Å². The Morgan fingerprint density at radius 2 is 1.56 bits per heavy atom. The van der Waals surface area contributed by atoms with Crippen molar-refractivity contribution in [2.45, 2.75) is 78.4 Å². The van der Waals surface area contributed by atoms with Crippen molar-refractivity contribution in [1.29, 1.82) is 0 Å². The summed E-state index contributed by atoms with van der Waals surface area (Å²) >= 11 is 0. The van der Waals surface area contributed by atoms with Crippen LogP contribution >= 0.6 is 0 Å². The van der Waals surface area contributed by atoms with E-state index >= 15 is 0 Å². The third-order valence-electron chi connectivity index (χ3n) is 7.06. The van der Waals surface area contributed by atoms with E-state index in [1.807, 2.05) is 70.2 Å². The van der Waals surface area contributed by atoms with Gasteiger partial charge in [-0.25, -0.2) is 8.42 Å². The van der Waals surface area contributed by atoms with Crippen molar-refractivity contribution in [3.05, 3.63) is 64.7 Å². The van der Waals surface area contributed by atoms with Crippen LogP contribution in [0.5, 0.6) is 0 Å². The molecule has 0 spiro atoms. The minimum atomic E-state index is -3.76. The first-order valence-electron chi connectivity index (χ1n) is 12.7. The molecule has 0 aliphatic heterocycles. The average Bonchev–Trinajstić information content (AvgIpc) is 3.31. The lowest BCUT2D eigenvalue weighted by molar-refractivity contribution is -0.140. The maximum absolute atomic E-state index is 13.9. The predicted molar refractivity (Wildman–Crippen MR) is 144 cm³/mol. The maximum atomic E-state index is 13.9. The summed E-state index contributed by atoms with van der Waals surface area (Å²) in [6, 6.07) is 12.7. The molecule has 0 radical (unpaired) electrons. The largest absolute Gasteiger partial charge is 0.352 e. The monoisotopic (exact) mass is 513 g/mol. The van der Waals surface area contributed by atoms with Gasteiger partial charge >= 0.3 is 0 Å². The Morgan fingerprint density at radius 1 is 0.972 bits per heavy atom. The van der Waals surface area contributed by atoms with Crippen molar-refractivity contribution in [3.63, 3.8) is 0 Å². The first kappa shape index (κ1) is 27.7. The quantitative estimate of drug-likeness (QED) is 0.515. The number of hydrogen-bond acceptors (Lipinski definition) is 4. The SMILES string of the molecule is CC[C@@H](C(=O)NC1CCCC1)N(Cc1ccccc1C)C(=O)CN(c1c(C)cccc1C)S(C)(=O)=O. The van der Waals surface area contributed by atoms with Gasteiger partial charge in [-0.1, -0.05) is 62.2 Å². The lowest BCUT2D eigenvalue weighted by atomic mass is 10.1. The Balaban J connectivity index is 1.97. The minimum absolute atomic E-state index is 0.129. The van der Waals surface area contributed by atoms with Crippen LogP contribution in [0.25, 0.3) is 0 Å². The number of carbonyl (C=O) groups excluding carboxylic acids is 2. The van der Waals surface area contributed by atoms with Gasteiger partial charge in [0.15, 0.2) is 0 Å². The predicted octanol–water partition coefficient (Wildman–Crippen LogP) is 4.24. The Bertz CT molecular complexity index is 1170. The van der Waals surface area contributed by atoms with Crippen LogP contribution in [-0.2, 0) is 26.2 Å². The van der Waals surface area contributed by atoms with Crippen molar-refractivity contribution < 1.29 is 18.0 Å². The van der Waals surface area contributed by atoms with E-state index in [9.17, 15) is 18.0 Å². The van der Waals surface area contributed by atoms with Gasteiger partial charge in [0, 0.05) is 12.6 Å². The van der Waals surface area contributed by atoms with Crippen LogP contribution in [0.1, 0.15) is 61.3 Å². The van der Waals surface area contributed by atoms with Crippen LogP contribution in [0.4, 0.5) is 5.69 Å². The molecule has 36 heavy (non-hydrogen) atoms. The van der Waals surface area contributed by atoms with E-state index in [-0.39, 0.29) is 25.0 Å². The Labute approximate surface area is 215 Å². The molecule has 0 saturated heterocycles. The number of hydrogen-bond donors (Lipinski definition) is 1. The van der Waals surface area contributed by atoms with Crippen molar-refractivity contribution in [1.82, 2.24) is 10.2 Å². The molecule has 2 aromatic carbocycles. The van der Waals surface area contributed by atoms with Crippen molar-refractivity contribution in [3.8, 4) is 0 Å². The van der Waals surface area contributed by atoms with Gasteiger partial charge < -0.3 is 10.2 Å². The summed E-state index contributed by atoms with van der Waals surface area (Å²) in [5.41, 5.74) is 3.98. The molecule has 0 unspecified atom stereocenters. The zero-order valence-electron chi connectivity index (χ0n) is 22.1. The van der Waals surface area contributed by atoms with Crippen LogP contribution in [0, 0.1) is 20.8 Å². The van der Waals surface area contributed by atoms with Gasteiger partial charge in [0.1, 0.15) is 12.6 Å². The van der Waals surface area contributed by atoms with Gasteiger partial charge in [0.2, 0.25) is 21.8 Å². The number of amides is 2. The second-order valence-corrected chi connectivity index (χ2v) is 11.8. The molecule has 0 aromatic heterocycles. The molecule has 0 bridgehead atoms. The van der Waals surface area contributed by atoms with Gasteiger partial charge in [0.25, 0.3) is 0 Å². The molecule has 196 valence electrons. The van der Waals surface area contributed by atoms with E-state index < -0.39 is 22.0 Å². The van der Waals surface area contributed by atoms with E-state index in [1.54, 1.807) is 4.90 Å². The zero-order valence-corrected chi connectivity index (χ0v) is 22.9. The molecular formula is C28H39N3O4S. The highest BCUT2D eigenvalue weighted by atomic mass is 32.2. The van der Waals surface area contributed by atoms with Gasteiger partial charge in [0.05, 0.1) is 11.9 Å². The van der Waals surface area contributed by atoms with Crippen molar-refractivity contribution in [2.75, 3.05) is 17.1 Å². The molecule has 1 aliphatic carbocycles. The Kier molecular flexibility index (Phi) is 9.17. The van der Waals surface area contributed by atoms with E-state index in [0.717, 1.165) is 54.2 Å². The summed E-state index contributed by atoms with van der Waals surface area (Å²) in [5, 5.41) is 3.13. The van der Waals surface area contributed by atoms with Crippen molar-refractivity contribution in [2.24, 2.45) is 0 Å². The highest BCUT2D eigenvalue weighted by molar-refractivity contribution is 7.92. The van der Waals surface area contributed by atoms with Crippen LogP contribution in [-0.4, -0.2) is 50.0 Å². The van der Waals surface area contributed by atoms with Crippen LogP contribution < -0.4 is 9.62 Å². The maximum Gasteiger partial charge on any atom is 0.244 e. The minimum Gasteiger partial charge on any atom is -0.352 e. The summed E-state index contributed by atoms with van der Waals surface area (Å²) in [6.07, 6.45) is 5.62. The first-order chi connectivity index (χ1) is 17.0. The Hall–Kier alpha value is -2.87. The lowest BCUT2D eigenvalue weighted by Crippen LogP contribution is -2.53. The average molecular weight is 514 g/mol. The first-order valence-corrected chi connectivity index (χ1v) is 14.6. The molecule has 0 heterocycles. The number of sulfonamides is 1. The standard InChI is InChI=1S/C28H39N3O4S/c1-6-25(28(33)29-24-16-9-10-17-24)30(18-23-15-8-7-12-20(23)2)26(32)19-31(36(5,34)35)27-21(3)13-11-14-22(27)4/h7-8,11-15,24-25H,6,9-10,16-19H2,1-5H3,(H,29,33)/t25-/m0/s1. The highest BCUT2D eigenvalue weighted by Crippen LogP contribution is 2.27. The van der Waals surface area contributed by atoms with Gasteiger partial charge in [-0.05, 0) is 62.3 Å². The summed E-state index contributed by atoms with van der Waals surface area (Å²) in [5.74, 6) is -0.580. The summed E-state index contributed by atoms with van der Waals surface area (Å²) < 4.78 is 26.9. The molecule has 3 rings (SSSR count). The number of para-hydroxylation sites is 1. The second kappa shape index (κ2) is 11.9. The Morgan fingerprint density at radius 3 is 2.11 bits per heavy atom. The molecule has 1 saturated carbocycles. The number of nitrogens with zero attached hydrogens (tertiary/aromatic N) is 2. The van der Waals surface area contributed by atoms with E-state index in [1.165, 1.54) is 4.31 Å². The van der Waals surface area contributed by atoms with Crippen molar-refractivity contribution >= 4 is 27.5 Å². The molecule has 1 fully saturated rings. The summed E-state index contributed by atoms with van der Waals surface area (Å²) in [7, 11) is -3.76. The fourth-order valence-electron chi connectivity index (χ4n) is 5.03. The molecular weight excluding hydrogens is 474 g/mol. The van der Waals surface area contributed by atoms with Gasteiger partial charge in [-0.3, -0.25) is 13.9 Å². The summed E-state index contributed by atoms with van der Waals surface area (Å²) in [6.45, 7) is 7.38. The topological polar surface area (TPSA) is 86.8 Å². The summed E-state index contributed by atoms with van der Waals surface area (Å²) in [4.78, 5) is 28.8. The van der Waals surface area contributed by atoms with E-state index in [0.29, 0.717) is 12.1 Å².